The van der Waals surface area contributed by atoms with Crippen LogP contribution >= 0.6 is 11.6 Å². The number of benzene rings is 1. The van der Waals surface area contributed by atoms with E-state index in [-0.39, 0.29) is 35.8 Å². The first-order chi connectivity index (χ1) is 11.9. The molecule has 1 unspecified atom stereocenters. The lowest BCUT2D eigenvalue weighted by Crippen LogP contribution is -2.34. The molecular weight excluding hydrogens is 352 g/mol. The van der Waals surface area contributed by atoms with Crippen molar-refractivity contribution in [3.8, 4) is 5.75 Å². The highest BCUT2D eigenvalue weighted by atomic mass is 35.5. The minimum absolute atomic E-state index is 0.114. The van der Waals surface area contributed by atoms with Crippen molar-refractivity contribution in [2.24, 2.45) is 0 Å². The van der Waals surface area contributed by atoms with Crippen molar-refractivity contribution in [2.75, 3.05) is 19.8 Å². The molecule has 1 aromatic carbocycles. The van der Waals surface area contributed by atoms with Gasteiger partial charge in [-0.25, -0.2) is 5.06 Å². The van der Waals surface area contributed by atoms with Crippen LogP contribution < -0.4 is 10.1 Å². The molecule has 0 bridgehead atoms. The molecule has 140 valence electrons. The molecule has 1 rings (SSSR count). The topological polar surface area (TPSA) is 119 Å². The van der Waals surface area contributed by atoms with Crippen LogP contribution in [0.25, 0.3) is 0 Å². The van der Waals surface area contributed by atoms with Gasteiger partial charge in [0.2, 0.25) is 6.41 Å². The van der Waals surface area contributed by atoms with Gasteiger partial charge in [-0.3, -0.25) is 14.8 Å². The zero-order chi connectivity index (χ0) is 18.8. The predicted molar refractivity (Wildman–Crippen MR) is 90.7 cm³/mol. The molecule has 8 nitrogen and oxygen atoms in total. The first-order valence-corrected chi connectivity index (χ1v) is 8.23. The lowest BCUT2D eigenvalue weighted by atomic mass is 10.1. The molecule has 0 saturated carbocycles. The molecule has 25 heavy (non-hydrogen) atoms. The number of rotatable bonds is 11. The van der Waals surface area contributed by atoms with E-state index in [1.54, 1.807) is 0 Å². The van der Waals surface area contributed by atoms with E-state index in [2.05, 4.69) is 5.32 Å². The summed E-state index contributed by atoms with van der Waals surface area (Å²) in [6.45, 7) is 1.58. The average molecular weight is 375 g/mol. The predicted octanol–water partition coefficient (Wildman–Crippen LogP) is 0.949. The number of nitrogens with zero attached hydrogens (tertiary/aromatic N) is 1. The highest BCUT2D eigenvalue weighted by Gasteiger charge is 2.19. The van der Waals surface area contributed by atoms with Gasteiger partial charge in [-0.2, -0.15) is 0 Å². The van der Waals surface area contributed by atoms with E-state index in [0.29, 0.717) is 17.2 Å². The van der Waals surface area contributed by atoms with Crippen molar-refractivity contribution < 1.29 is 29.7 Å². The zero-order valence-electron chi connectivity index (χ0n) is 13.9. The van der Waals surface area contributed by atoms with E-state index >= 15 is 0 Å². The number of carbonyl (C=O) groups is 2. The van der Waals surface area contributed by atoms with Crippen molar-refractivity contribution in [3.05, 3.63) is 28.3 Å². The van der Waals surface area contributed by atoms with Gasteiger partial charge >= 0.3 is 0 Å². The number of unbranched alkanes of at least 4 members (excludes halogenated alkanes) is 1. The van der Waals surface area contributed by atoms with Crippen molar-refractivity contribution >= 4 is 23.9 Å². The molecule has 0 aliphatic heterocycles. The summed E-state index contributed by atoms with van der Waals surface area (Å²) in [5.74, 6) is -0.371. The SMILES string of the molecule is CCCCOc1c(Cl)cc(CN(O)C=O)cc1C(=O)NCC(O)CO. The van der Waals surface area contributed by atoms with Gasteiger partial charge in [-0.15, -0.1) is 0 Å². The number of hydrogen-bond donors (Lipinski definition) is 4. The molecule has 0 heterocycles. The molecule has 0 spiro atoms. The monoisotopic (exact) mass is 374 g/mol. The molecule has 9 heteroatoms. The number of halogens is 1. The fourth-order valence-corrected chi connectivity index (χ4v) is 2.27. The highest BCUT2D eigenvalue weighted by molar-refractivity contribution is 6.32. The van der Waals surface area contributed by atoms with Gasteiger partial charge in [0.15, 0.2) is 5.75 Å². The second-order valence-electron chi connectivity index (χ2n) is 5.41. The van der Waals surface area contributed by atoms with Crippen LogP contribution in [0.15, 0.2) is 12.1 Å². The highest BCUT2D eigenvalue weighted by Crippen LogP contribution is 2.31. The van der Waals surface area contributed by atoms with Gasteiger partial charge in [-0.05, 0) is 24.1 Å². The Morgan fingerprint density at radius 2 is 2.20 bits per heavy atom. The molecule has 4 N–H and O–H groups in total. The zero-order valence-corrected chi connectivity index (χ0v) is 14.7. The first kappa shape index (κ1) is 21.2. The molecule has 1 atom stereocenters. The van der Waals surface area contributed by atoms with Gasteiger partial charge in [0.1, 0.15) is 0 Å². The molecule has 0 radical (unpaired) electrons. The van der Waals surface area contributed by atoms with Gasteiger partial charge in [0.25, 0.3) is 5.91 Å². The van der Waals surface area contributed by atoms with Crippen LogP contribution in [0.3, 0.4) is 0 Å². The third-order valence-corrected chi connectivity index (χ3v) is 3.55. The molecular formula is C16H23ClN2O6. The molecule has 0 fully saturated rings. The lowest BCUT2D eigenvalue weighted by Gasteiger charge is -2.17. The van der Waals surface area contributed by atoms with Crippen LogP contribution in [-0.4, -0.2) is 58.7 Å². The van der Waals surface area contributed by atoms with Crippen LogP contribution in [0.1, 0.15) is 35.7 Å². The summed E-state index contributed by atoms with van der Waals surface area (Å²) in [6, 6.07) is 2.94. The first-order valence-electron chi connectivity index (χ1n) is 7.86. The maximum atomic E-state index is 12.4. The summed E-state index contributed by atoms with van der Waals surface area (Å²) >= 11 is 6.19. The second kappa shape index (κ2) is 10.9. The van der Waals surface area contributed by atoms with E-state index in [0.717, 1.165) is 12.8 Å². The van der Waals surface area contributed by atoms with E-state index in [1.165, 1.54) is 12.1 Å². The number of amides is 2. The fraction of sp³-hybridized carbons (Fsp3) is 0.500. The Bertz CT molecular complexity index is 584. The Hall–Kier alpha value is -1.87. The van der Waals surface area contributed by atoms with Crippen LogP contribution in [0.4, 0.5) is 0 Å². The number of aliphatic hydroxyl groups excluding tert-OH is 2. The van der Waals surface area contributed by atoms with Gasteiger partial charge in [0.05, 0.1) is 36.4 Å². The normalized spacial score (nSPS) is 11.7. The molecule has 1 aromatic rings. The van der Waals surface area contributed by atoms with Crippen LogP contribution in [0.5, 0.6) is 5.75 Å². The summed E-state index contributed by atoms with van der Waals surface area (Å²) in [6.07, 6.45) is 0.822. The molecule has 0 saturated heterocycles. The third kappa shape index (κ3) is 6.87. The number of aliphatic hydroxyl groups is 2. The van der Waals surface area contributed by atoms with E-state index in [9.17, 15) is 19.9 Å². The largest absolute Gasteiger partial charge is 0.491 e. The van der Waals surface area contributed by atoms with Crippen molar-refractivity contribution in [1.29, 1.82) is 0 Å². The smallest absolute Gasteiger partial charge is 0.255 e. The maximum absolute atomic E-state index is 12.4. The Balaban J connectivity index is 3.08. The lowest BCUT2D eigenvalue weighted by molar-refractivity contribution is -0.152. The van der Waals surface area contributed by atoms with Gasteiger partial charge in [-0.1, -0.05) is 24.9 Å². The Morgan fingerprint density at radius 3 is 2.80 bits per heavy atom. The van der Waals surface area contributed by atoms with E-state index in [4.69, 9.17) is 21.4 Å². The molecule has 2 amide bonds. The van der Waals surface area contributed by atoms with Crippen LogP contribution in [-0.2, 0) is 11.3 Å². The van der Waals surface area contributed by atoms with E-state index in [1.807, 2.05) is 6.92 Å². The number of hydroxylamine groups is 2. The van der Waals surface area contributed by atoms with Crippen LogP contribution in [0.2, 0.25) is 5.02 Å². The van der Waals surface area contributed by atoms with Crippen LogP contribution in [0, 0.1) is 0 Å². The average Bonchev–Trinajstić information content (AvgIpc) is 2.60. The Labute approximate surface area is 150 Å². The Kier molecular flexibility index (Phi) is 9.22. The second-order valence-corrected chi connectivity index (χ2v) is 5.81. The quantitative estimate of drug-likeness (QED) is 0.198. The molecule has 0 aliphatic carbocycles. The number of hydrogen-bond acceptors (Lipinski definition) is 6. The maximum Gasteiger partial charge on any atom is 0.255 e. The van der Waals surface area contributed by atoms with E-state index < -0.39 is 18.6 Å². The number of ether oxygens (including phenoxy) is 1. The molecule has 0 aliphatic rings. The van der Waals surface area contributed by atoms with Crippen molar-refractivity contribution in [1.82, 2.24) is 10.4 Å². The number of carbonyl (C=O) groups excluding carboxylic acids is 2. The summed E-state index contributed by atoms with van der Waals surface area (Å²) in [4.78, 5) is 22.9. The third-order valence-electron chi connectivity index (χ3n) is 3.27. The van der Waals surface area contributed by atoms with Gasteiger partial charge in [0, 0.05) is 6.54 Å². The minimum Gasteiger partial charge on any atom is -0.491 e. The Morgan fingerprint density at radius 1 is 1.48 bits per heavy atom. The van der Waals surface area contributed by atoms with Gasteiger partial charge < -0.3 is 20.3 Å². The minimum atomic E-state index is -1.09. The summed E-state index contributed by atoms with van der Waals surface area (Å²) < 4.78 is 5.60. The standard InChI is InChI=1S/C16H23ClN2O6/c1-2-3-4-25-15-13(16(23)18-7-12(22)9-20)5-11(6-14(15)17)8-19(24)10-21/h5-6,10,12,20,22,24H,2-4,7-9H2,1H3,(H,18,23). The summed E-state index contributed by atoms with van der Waals surface area (Å²) in [5, 5.41) is 30.5. The number of nitrogens with one attached hydrogen (secondary N) is 1. The summed E-state index contributed by atoms with van der Waals surface area (Å²) in [7, 11) is 0. The fourth-order valence-electron chi connectivity index (χ4n) is 1.97. The van der Waals surface area contributed by atoms with Crippen molar-refractivity contribution in [2.45, 2.75) is 32.4 Å². The van der Waals surface area contributed by atoms with Crippen molar-refractivity contribution in [3.63, 3.8) is 0 Å². The molecule has 0 aromatic heterocycles. The summed E-state index contributed by atoms with van der Waals surface area (Å²) in [5.41, 5.74) is 0.540.